The van der Waals surface area contributed by atoms with Gasteiger partial charge in [-0.05, 0) is 42.3 Å². The Hall–Kier alpha value is -1.99. The Morgan fingerprint density at radius 3 is 2.16 bits per heavy atom. The van der Waals surface area contributed by atoms with Crippen molar-refractivity contribution in [2.45, 2.75) is 6.42 Å². The van der Waals surface area contributed by atoms with Crippen molar-refractivity contribution < 1.29 is 17.2 Å². The lowest BCUT2D eigenvalue weighted by Crippen LogP contribution is -2.49. The Morgan fingerprint density at radius 1 is 0.880 bits per heavy atom. The zero-order chi connectivity index (χ0) is 17.9. The van der Waals surface area contributed by atoms with Gasteiger partial charge >= 0.3 is 0 Å². The van der Waals surface area contributed by atoms with Crippen molar-refractivity contribution in [2.24, 2.45) is 0 Å². The highest BCUT2D eigenvalue weighted by atomic mass is 32.2. The number of rotatable bonds is 5. The van der Waals surface area contributed by atoms with E-state index in [0.29, 0.717) is 31.7 Å². The fourth-order valence-corrected chi connectivity index (χ4v) is 4.40. The van der Waals surface area contributed by atoms with Gasteiger partial charge < -0.3 is 4.90 Å². The summed E-state index contributed by atoms with van der Waals surface area (Å²) >= 11 is 0. The molecule has 0 saturated carbocycles. The first-order valence-electron chi connectivity index (χ1n) is 8.17. The van der Waals surface area contributed by atoms with E-state index in [9.17, 15) is 17.2 Å². The van der Waals surface area contributed by atoms with Crippen LogP contribution in [0.5, 0.6) is 0 Å². The average molecular weight is 366 g/mol. The van der Waals surface area contributed by atoms with E-state index >= 15 is 0 Å². The number of aryl methyl sites for hydroxylation is 1. The van der Waals surface area contributed by atoms with Crippen LogP contribution in [0, 0.1) is 11.6 Å². The molecular formula is C18H20F2N2O2S. The van der Waals surface area contributed by atoms with Gasteiger partial charge in [-0.2, -0.15) is 4.31 Å². The van der Waals surface area contributed by atoms with Crippen molar-refractivity contribution >= 4 is 15.7 Å². The van der Waals surface area contributed by atoms with E-state index in [1.165, 1.54) is 22.5 Å². The van der Waals surface area contributed by atoms with Crippen molar-refractivity contribution in [3.8, 4) is 0 Å². The molecular weight excluding hydrogens is 346 g/mol. The predicted molar refractivity (Wildman–Crippen MR) is 94.1 cm³/mol. The molecule has 2 aromatic carbocycles. The minimum absolute atomic E-state index is 0.107. The number of benzene rings is 2. The Labute approximate surface area is 146 Å². The molecule has 2 aromatic rings. The third-order valence-corrected chi connectivity index (χ3v) is 6.28. The van der Waals surface area contributed by atoms with Crippen LogP contribution in [0.25, 0.3) is 0 Å². The second-order valence-electron chi connectivity index (χ2n) is 6.02. The van der Waals surface area contributed by atoms with Gasteiger partial charge in [-0.3, -0.25) is 0 Å². The Balaban J connectivity index is 1.58. The summed E-state index contributed by atoms with van der Waals surface area (Å²) in [4.78, 5) is 2.03. The van der Waals surface area contributed by atoms with Crippen LogP contribution in [0.2, 0.25) is 0 Å². The van der Waals surface area contributed by atoms with E-state index in [2.05, 4.69) is 0 Å². The van der Waals surface area contributed by atoms with Crippen molar-refractivity contribution in [2.75, 3.05) is 36.8 Å². The zero-order valence-corrected chi connectivity index (χ0v) is 14.6. The summed E-state index contributed by atoms with van der Waals surface area (Å²) in [6.45, 7) is 1.84. The molecule has 1 fully saturated rings. The molecule has 1 saturated heterocycles. The van der Waals surface area contributed by atoms with Crippen LogP contribution in [-0.4, -0.2) is 44.7 Å². The van der Waals surface area contributed by atoms with E-state index in [-0.39, 0.29) is 23.8 Å². The number of anilines is 1. The summed E-state index contributed by atoms with van der Waals surface area (Å²) in [5.41, 5.74) is 1.29. The van der Waals surface area contributed by atoms with Gasteiger partial charge in [0.25, 0.3) is 0 Å². The normalized spacial score (nSPS) is 16.2. The molecule has 0 amide bonds. The zero-order valence-electron chi connectivity index (χ0n) is 13.7. The molecule has 0 radical (unpaired) electrons. The molecule has 0 N–H and O–H groups in total. The summed E-state index contributed by atoms with van der Waals surface area (Å²) in [5, 5.41) is 0. The first kappa shape index (κ1) is 17.8. The lowest BCUT2D eigenvalue weighted by molar-refractivity contribution is 0.384. The smallest absolute Gasteiger partial charge is 0.214 e. The Bertz CT molecular complexity index is 817. The number of sulfonamides is 1. The molecule has 0 spiro atoms. The Morgan fingerprint density at radius 2 is 1.52 bits per heavy atom. The molecule has 1 aliphatic heterocycles. The van der Waals surface area contributed by atoms with E-state index in [0.717, 1.165) is 5.69 Å². The number of halogens is 2. The number of hydrogen-bond donors (Lipinski definition) is 0. The van der Waals surface area contributed by atoms with Gasteiger partial charge in [-0.15, -0.1) is 0 Å². The maximum absolute atomic E-state index is 13.6. The third kappa shape index (κ3) is 4.35. The van der Waals surface area contributed by atoms with Crippen molar-refractivity contribution in [3.63, 3.8) is 0 Å². The predicted octanol–water partition coefficient (Wildman–Crippen LogP) is 2.66. The van der Waals surface area contributed by atoms with Crippen LogP contribution < -0.4 is 4.90 Å². The molecule has 4 nitrogen and oxygen atoms in total. The molecule has 134 valence electrons. The van der Waals surface area contributed by atoms with E-state index in [4.69, 9.17) is 0 Å². The van der Waals surface area contributed by atoms with Gasteiger partial charge in [0.1, 0.15) is 11.6 Å². The van der Waals surface area contributed by atoms with Gasteiger partial charge in [0.05, 0.1) is 5.75 Å². The topological polar surface area (TPSA) is 40.6 Å². The first-order chi connectivity index (χ1) is 12.0. The fourth-order valence-electron chi connectivity index (χ4n) is 2.95. The van der Waals surface area contributed by atoms with Crippen LogP contribution in [0.15, 0.2) is 48.5 Å². The summed E-state index contributed by atoms with van der Waals surface area (Å²) in [5.74, 6) is -0.776. The molecule has 1 aliphatic rings. The second kappa shape index (κ2) is 7.49. The quantitative estimate of drug-likeness (QED) is 0.817. The highest BCUT2D eigenvalue weighted by molar-refractivity contribution is 7.89. The largest absolute Gasteiger partial charge is 0.369 e. The Kier molecular flexibility index (Phi) is 5.34. The van der Waals surface area contributed by atoms with Gasteiger partial charge in [0, 0.05) is 31.9 Å². The van der Waals surface area contributed by atoms with Crippen molar-refractivity contribution in [3.05, 3.63) is 65.7 Å². The molecule has 0 aliphatic carbocycles. The van der Waals surface area contributed by atoms with Crippen LogP contribution >= 0.6 is 0 Å². The lowest BCUT2D eigenvalue weighted by Gasteiger charge is -2.35. The van der Waals surface area contributed by atoms with Gasteiger partial charge in [-0.25, -0.2) is 17.2 Å². The highest BCUT2D eigenvalue weighted by Gasteiger charge is 2.27. The highest BCUT2D eigenvalue weighted by Crippen LogP contribution is 2.19. The molecule has 25 heavy (non-hydrogen) atoms. The van der Waals surface area contributed by atoms with E-state index in [1.54, 1.807) is 30.3 Å². The number of nitrogens with zero attached hydrogens (tertiary/aromatic N) is 2. The minimum Gasteiger partial charge on any atom is -0.369 e. The van der Waals surface area contributed by atoms with Crippen molar-refractivity contribution in [1.82, 2.24) is 4.31 Å². The van der Waals surface area contributed by atoms with Gasteiger partial charge in [-0.1, -0.05) is 18.2 Å². The maximum Gasteiger partial charge on any atom is 0.214 e. The van der Waals surface area contributed by atoms with Crippen LogP contribution in [0.3, 0.4) is 0 Å². The molecule has 0 bridgehead atoms. The van der Waals surface area contributed by atoms with Crippen LogP contribution in [0.1, 0.15) is 5.56 Å². The van der Waals surface area contributed by atoms with Crippen molar-refractivity contribution in [1.29, 1.82) is 0 Å². The fraction of sp³-hybridized carbons (Fsp3) is 0.333. The molecule has 3 rings (SSSR count). The summed E-state index contributed by atoms with van der Waals surface area (Å²) < 4.78 is 53.1. The second-order valence-corrected chi connectivity index (χ2v) is 8.11. The molecule has 1 heterocycles. The summed E-state index contributed by atoms with van der Waals surface area (Å²) in [7, 11) is -3.43. The standard InChI is InChI=1S/C18H20F2N2O2S/c19-16-5-7-17(8-6-16)21-10-12-22(13-11-21)25(23,24)14-9-15-3-1-2-4-18(15)20/h1-8H,9-14H2. The van der Waals surface area contributed by atoms with Gasteiger partial charge in [0.2, 0.25) is 10.0 Å². The van der Waals surface area contributed by atoms with Gasteiger partial charge in [0.15, 0.2) is 0 Å². The molecule has 0 aromatic heterocycles. The minimum atomic E-state index is -3.43. The monoisotopic (exact) mass is 366 g/mol. The maximum atomic E-state index is 13.6. The lowest BCUT2D eigenvalue weighted by atomic mass is 10.2. The van der Waals surface area contributed by atoms with Crippen LogP contribution in [0.4, 0.5) is 14.5 Å². The number of piperazine rings is 1. The molecule has 0 atom stereocenters. The third-order valence-electron chi connectivity index (χ3n) is 4.41. The van der Waals surface area contributed by atoms with E-state index in [1.807, 2.05) is 4.90 Å². The summed E-state index contributed by atoms with van der Waals surface area (Å²) in [6, 6.07) is 12.4. The first-order valence-corrected chi connectivity index (χ1v) is 9.78. The SMILES string of the molecule is O=S(=O)(CCc1ccccc1F)N1CCN(c2ccc(F)cc2)CC1. The van der Waals surface area contributed by atoms with Crippen LogP contribution in [-0.2, 0) is 16.4 Å². The van der Waals surface area contributed by atoms with E-state index < -0.39 is 10.0 Å². The number of hydrogen-bond acceptors (Lipinski definition) is 3. The average Bonchev–Trinajstić information content (AvgIpc) is 2.62. The summed E-state index contributed by atoms with van der Waals surface area (Å²) in [6.07, 6.45) is 0.160. The molecule has 0 unspecified atom stereocenters. The molecule has 7 heteroatoms.